The second kappa shape index (κ2) is 17.5. The van der Waals surface area contributed by atoms with Gasteiger partial charge in [0.1, 0.15) is 11.2 Å². The van der Waals surface area contributed by atoms with Gasteiger partial charge in [0.15, 0.2) is 5.78 Å². The van der Waals surface area contributed by atoms with Gasteiger partial charge in [-0.2, -0.15) is 0 Å². The van der Waals surface area contributed by atoms with Crippen molar-refractivity contribution in [3.05, 3.63) is 0 Å². The van der Waals surface area contributed by atoms with Gasteiger partial charge in [-0.25, -0.2) is 0 Å². The van der Waals surface area contributed by atoms with E-state index in [1.54, 1.807) is 13.8 Å². The van der Waals surface area contributed by atoms with Gasteiger partial charge in [-0.3, -0.25) is 9.59 Å². The van der Waals surface area contributed by atoms with Gasteiger partial charge in [0.2, 0.25) is 0 Å². The van der Waals surface area contributed by atoms with Crippen molar-refractivity contribution in [3.63, 3.8) is 0 Å². The molecule has 0 rings (SSSR count). The summed E-state index contributed by atoms with van der Waals surface area (Å²) in [5.74, 6) is -0.113. The molecule has 0 spiro atoms. The van der Waals surface area contributed by atoms with Gasteiger partial charge < -0.3 is 24.1 Å². The topological polar surface area (TPSA) is 91.3 Å². The molecule has 0 saturated heterocycles. The van der Waals surface area contributed by atoms with Crippen molar-refractivity contribution in [2.24, 2.45) is 0 Å². The minimum absolute atomic E-state index is 0.0657. The summed E-state index contributed by atoms with van der Waals surface area (Å²) >= 11 is 0. The van der Waals surface area contributed by atoms with E-state index in [9.17, 15) is 9.59 Å². The lowest BCUT2D eigenvalue weighted by Crippen LogP contribution is -2.36. The number of ketones is 1. The fourth-order valence-electron chi connectivity index (χ4n) is 3.01. The maximum absolute atomic E-state index is 12.3. The van der Waals surface area contributed by atoms with Crippen molar-refractivity contribution in [1.82, 2.24) is 0 Å². The van der Waals surface area contributed by atoms with Crippen LogP contribution in [0, 0.1) is 0 Å². The van der Waals surface area contributed by atoms with E-state index in [-0.39, 0.29) is 24.5 Å². The van der Waals surface area contributed by atoms with E-state index < -0.39 is 11.2 Å². The molecule has 0 radical (unpaired) electrons. The SMILES string of the molecule is CC(C)OCCCCCC(=O)OC(C)(C)CCOCCOC(C)(C)C(=O)CCCCCO. The molecule has 0 amide bonds. The molecule has 0 aliphatic heterocycles. The number of rotatable bonds is 21. The molecule has 0 aromatic rings. The monoisotopic (exact) mass is 460 g/mol. The highest BCUT2D eigenvalue weighted by atomic mass is 16.6. The van der Waals surface area contributed by atoms with Crippen LogP contribution in [0.5, 0.6) is 0 Å². The molecule has 190 valence electrons. The number of unbranched alkanes of at least 4 members (excludes halogenated alkanes) is 4. The van der Waals surface area contributed by atoms with Crippen LogP contribution in [0.25, 0.3) is 0 Å². The fraction of sp³-hybridized carbons (Fsp3) is 0.920. The first-order valence-corrected chi connectivity index (χ1v) is 12.2. The molecule has 0 bridgehead atoms. The summed E-state index contributed by atoms with van der Waals surface area (Å²) in [4.78, 5) is 24.3. The predicted molar refractivity (Wildman–Crippen MR) is 126 cm³/mol. The van der Waals surface area contributed by atoms with Gasteiger partial charge in [0, 0.05) is 32.5 Å². The Kier molecular flexibility index (Phi) is 16.9. The highest BCUT2D eigenvalue weighted by Crippen LogP contribution is 2.18. The first-order valence-electron chi connectivity index (χ1n) is 12.2. The molecule has 0 saturated carbocycles. The minimum Gasteiger partial charge on any atom is -0.460 e. The van der Waals surface area contributed by atoms with E-state index in [4.69, 9.17) is 24.1 Å². The zero-order valence-electron chi connectivity index (χ0n) is 21.4. The number of carbonyl (C=O) groups is 2. The Morgan fingerprint density at radius 3 is 2.12 bits per heavy atom. The average molecular weight is 461 g/mol. The van der Waals surface area contributed by atoms with Crippen LogP contribution in [0.3, 0.4) is 0 Å². The van der Waals surface area contributed by atoms with Crippen LogP contribution in [-0.2, 0) is 28.5 Å². The quantitative estimate of drug-likeness (QED) is 0.197. The van der Waals surface area contributed by atoms with Crippen LogP contribution in [0.15, 0.2) is 0 Å². The summed E-state index contributed by atoms with van der Waals surface area (Å²) in [6, 6.07) is 0. The van der Waals surface area contributed by atoms with E-state index in [0.717, 1.165) is 45.1 Å². The van der Waals surface area contributed by atoms with Crippen molar-refractivity contribution in [2.45, 2.75) is 117 Å². The molecule has 0 heterocycles. The number of hydrogen-bond acceptors (Lipinski definition) is 7. The van der Waals surface area contributed by atoms with Crippen LogP contribution in [0.4, 0.5) is 0 Å². The summed E-state index contributed by atoms with van der Waals surface area (Å²) < 4.78 is 22.4. The third-order valence-electron chi connectivity index (χ3n) is 5.14. The Labute approximate surface area is 195 Å². The molecule has 0 aromatic carbocycles. The Morgan fingerprint density at radius 2 is 1.47 bits per heavy atom. The predicted octanol–water partition coefficient (Wildman–Crippen LogP) is 4.62. The zero-order chi connectivity index (χ0) is 24.5. The molecule has 0 aliphatic carbocycles. The van der Waals surface area contributed by atoms with Crippen LogP contribution in [0.2, 0.25) is 0 Å². The molecule has 1 N–H and O–H groups in total. The van der Waals surface area contributed by atoms with Crippen molar-refractivity contribution >= 4 is 11.8 Å². The molecule has 0 unspecified atom stereocenters. The van der Waals surface area contributed by atoms with E-state index in [1.165, 1.54) is 0 Å². The number of aliphatic hydroxyl groups excluding tert-OH is 1. The van der Waals surface area contributed by atoms with E-state index in [1.807, 2.05) is 27.7 Å². The van der Waals surface area contributed by atoms with Gasteiger partial charge in [-0.1, -0.05) is 12.8 Å². The first kappa shape index (κ1) is 31.0. The molecule has 7 heteroatoms. The standard InChI is InChI=1S/C25H48O7/c1-21(2)30-17-12-8-10-14-23(28)32-24(3,4)15-18-29-19-20-31-25(5,6)22(27)13-9-7-11-16-26/h21,26H,7-20H2,1-6H3. The lowest BCUT2D eigenvalue weighted by atomic mass is 9.98. The van der Waals surface area contributed by atoms with Crippen LogP contribution in [-0.4, -0.2) is 67.2 Å². The number of ether oxygens (including phenoxy) is 4. The highest BCUT2D eigenvalue weighted by Gasteiger charge is 2.27. The fourth-order valence-corrected chi connectivity index (χ4v) is 3.01. The summed E-state index contributed by atoms with van der Waals surface area (Å²) in [5.41, 5.74) is -1.42. The summed E-state index contributed by atoms with van der Waals surface area (Å²) in [7, 11) is 0. The second-order valence-electron chi connectivity index (χ2n) is 9.64. The Bertz CT molecular complexity index is 501. The van der Waals surface area contributed by atoms with Crippen molar-refractivity contribution in [2.75, 3.05) is 33.0 Å². The van der Waals surface area contributed by atoms with Gasteiger partial charge in [0.25, 0.3) is 0 Å². The third kappa shape index (κ3) is 17.5. The molecule has 0 aromatic heterocycles. The normalized spacial score (nSPS) is 12.4. The Balaban J connectivity index is 3.87. The minimum atomic E-state index is -0.835. The first-order chi connectivity index (χ1) is 15.0. The lowest BCUT2D eigenvalue weighted by molar-refractivity contribution is -0.158. The van der Waals surface area contributed by atoms with Gasteiger partial charge in [0.05, 0.1) is 25.9 Å². The Morgan fingerprint density at radius 1 is 0.812 bits per heavy atom. The van der Waals surface area contributed by atoms with Crippen LogP contribution in [0.1, 0.15) is 99.3 Å². The highest BCUT2D eigenvalue weighted by molar-refractivity contribution is 5.86. The van der Waals surface area contributed by atoms with Crippen molar-refractivity contribution in [3.8, 4) is 0 Å². The molecule has 32 heavy (non-hydrogen) atoms. The van der Waals surface area contributed by atoms with E-state index in [2.05, 4.69) is 0 Å². The lowest BCUT2D eigenvalue weighted by Gasteiger charge is -2.26. The van der Waals surface area contributed by atoms with Crippen molar-refractivity contribution in [1.29, 1.82) is 0 Å². The summed E-state index contributed by atoms with van der Waals surface area (Å²) in [6.07, 6.45) is 6.76. The maximum atomic E-state index is 12.3. The molecule has 7 nitrogen and oxygen atoms in total. The number of carbonyl (C=O) groups excluding carboxylic acids is 2. The third-order valence-corrected chi connectivity index (χ3v) is 5.14. The molecule has 0 fully saturated rings. The smallest absolute Gasteiger partial charge is 0.306 e. The van der Waals surface area contributed by atoms with Gasteiger partial charge in [-0.15, -0.1) is 0 Å². The number of Topliss-reactive ketones (excluding diaryl/α,β-unsaturated/α-hetero) is 1. The maximum Gasteiger partial charge on any atom is 0.306 e. The molecule has 0 atom stereocenters. The Hall–Kier alpha value is -1.02. The van der Waals surface area contributed by atoms with Gasteiger partial charge in [-0.05, 0) is 67.2 Å². The second-order valence-corrected chi connectivity index (χ2v) is 9.64. The van der Waals surface area contributed by atoms with Gasteiger partial charge >= 0.3 is 5.97 Å². The summed E-state index contributed by atoms with van der Waals surface area (Å²) in [5, 5.41) is 8.79. The number of esters is 1. The average Bonchev–Trinajstić information content (AvgIpc) is 2.69. The zero-order valence-corrected chi connectivity index (χ0v) is 21.4. The molecular weight excluding hydrogens is 412 g/mol. The van der Waals surface area contributed by atoms with E-state index >= 15 is 0 Å². The van der Waals surface area contributed by atoms with E-state index in [0.29, 0.717) is 39.1 Å². The molecular formula is C25H48O7. The number of aliphatic hydroxyl groups is 1. The van der Waals surface area contributed by atoms with Crippen LogP contribution < -0.4 is 0 Å². The van der Waals surface area contributed by atoms with Crippen molar-refractivity contribution < 1.29 is 33.6 Å². The summed E-state index contributed by atoms with van der Waals surface area (Å²) in [6.45, 7) is 13.4. The largest absolute Gasteiger partial charge is 0.460 e. The van der Waals surface area contributed by atoms with Crippen LogP contribution >= 0.6 is 0 Å². The number of hydrogen-bond donors (Lipinski definition) is 1. The molecule has 0 aliphatic rings.